The Morgan fingerprint density at radius 2 is 1.95 bits per heavy atom. The van der Waals surface area contributed by atoms with Crippen LogP contribution in [0, 0.1) is 11.8 Å². The maximum Gasteiger partial charge on any atom is 0.398 e. The molecule has 2 unspecified atom stereocenters. The normalized spacial score (nSPS) is 20.9. The summed E-state index contributed by atoms with van der Waals surface area (Å²) in [5, 5.41) is 11.3. The van der Waals surface area contributed by atoms with Gasteiger partial charge in [-0.05, 0) is 18.6 Å². The molecule has 21 heavy (non-hydrogen) atoms. The van der Waals surface area contributed by atoms with Crippen molar-refractivity contribution in [2.24, 2.45) is 11.8 Å². The molecule has 0 radical (unpaired) electrons. The second-order valence-corrected chi connectivity index (χ2v) is 5.69. The van der Waals surface area contributed by atoms with Gasteiger partial charge in [-0.1, -0.05) is 12.1 Å². The molecule has 0 spiro atoms. The minimum Gasteiger partial charge on any atom is -0.481 e. The van der Waals surface area contributed by atoms with E-state index in [1.807, 2.05) is 0 Å². The third kappa shape index (κ3) is 4.38. The highest BCUT2D eigenvalue weighted by Crippen LogP contribution is 2.40. The highest BCUT2D eigenvalue weighted by Gasteiger charge is 2.48. The lowest BCUT2D eigenvalue weighted by Gasteiger charge is -2.11. The molecule has 0 heterocycles. The van der Waals surface area contributed by atoms with Crippen molar-refractivity contribution in [2.45, 2.75) is 17.5 Å². The number of anilines is 1. The summed E-state index contributed by atoms with van der Waals surface area (Å²) >= 11 is 0.579. The SMILES string of the molecule is O=C(O)C1CC1C(=O)Nc1ccccc1SCC(F)(F)F. The Hall–Kier alpha value is -1.70. The molecule has 1 saturated carbocycles. The van der Waals surface area contributed by atoms with Crippen LogP contribution in [0.1, 0.15) is 6.42 Å². The molecule has 0 bridgehead atoms. The molecule has 0 saturated heterocycles. The Morgan fingerprint density at radius 1 is 1.29 bits per heavy atom. The summed E-state index contributed by atoms with van der Waals surface area (Å²) in [4.78, 5) is 22.8. The number of thioether (sulfide) groups is 1. The smallest absolute Gasteiger partial charge is 0.398 e. The molecule has 1 fully saturated rings. The Bertz CT molecular complexity index is 562. The Labute approximate surface area is 122 Å². The first-order valence-corrected chi connectivity index (χ1v) is 7.09. The van der Waals surface area contributed by atoms with Crippen LogP contribution in [0.5, 0.6) is 0 Å². The summed E-state index contributed by atoms with van der Waals surface area (Å²) < 4.78 is 36.7. The average Bonchev–Trinajstić information content (AvgIpc) is 3.17. The standard InChI is InChI=1S/C13H12F3NO3S/c14-13(15,16)6-21-10-4-2-1-3-9(10)17-11(18)7-5-8(7)12(19)20/h1-4,7-8H,5-6H2,(H,17,18)(H,19,20). The number of carboxylic acids is 1. The zero-order chi connectivity index (χ0) is 15.6. The third-order valence-corrected chi connectivity index (χ3v) is 4.12. The molecular weight excluding hydrogens is 307 g/mol. The number of nitrogens with one attached hydrogen (secondary N) is 1. The minimum absolute atomic E-state index is 0.263. The van der Waals surface area contributed by atoms with Crippen molar-refractivity contribution in [3.63, 3.8) is 0 Å². The van der Waals surface area contributed by atoms with Crippen molar-refractivity contribution in [3.05, 3.63) is 24.3 Å². The van der Waals surface area contributed by atoms with Crippen LogP contribution in [0.2, 0.25) is 0 Å². The van der Waals surface area contributed by atoms with Gasteiger partial charge >= 0.3 is 12.1 Å². The number of benzene rings is 1. The predicted octanol–water partition coefficient (Wildman–Crippen LogP) is 3.00. The second-order valence-electron chi connectivity index (χ2n) is 4.68. The van der Waals surface area contributed by atoms with Crippen molar-refractivity contribution >= 4 is 29.3 Å². The van der Waals surface area contributed by atoms with E-state index in [-0.39, 0.29) is 12.1 Å². The predicted molar refractivity (Wildman–Crippen MR) is 71.1 cm³/mol. The monoisotopic (exact) mass is 319 g/mol. The maximum atomic E-state index is 12.2. The van der Waals surface area contributed by atoms with E-state index in [1.54, 1.807) is 12.1 Å². The number of para-hydroxylation sites is 1. The number of carboxylic acid groups (broad SMARTS) is 1. The van der Waals surface area contributed by atoms with Crippen molar-refractivity contribution in [1.82, 2.24) is 0 Å². The van der Waals surface area contributed by atoms with Gasteiger partial charge < -0.3 is 10.4 Å². The van der Waals surface area contributed by atoms with Gasteiger partial charge in [0.15, 0.2) is 0 Å². The molecule has 2 rings (SSSR count). The number of amides is 1. The van der Waals surface area contributed by atoms with Crippen molar-refractivity contribution in [1.29, 1.82) is 0 Å². The van der Waals surface area contributed by atoms with E-state index in [2.05, 4.69) is 5.32 Å². The number of halogens is 3. The molecule has 1 aliphatic carbocycles. The fraction of sp³-hybridized carbons (Fsp3) is 0.385. The molecule has 114 valence electrons. The van der Waals surface area contributed by atoms with E-state index in [0.717, 1.165) is 0 Å². The van der Waals surface area contributed by atoms with Gasteiger partial charge in [-0.25, -0.2) is 0 Å². The lowest BCUT2D eigenvalue weighted by atomic mass is 10.2. The van der Waals surface area contributed by atoms with Gasteiger partial charge in [0, 0.05) is 4.90 Å². The van der Waals surface area contributed by atoms with Crippen LogP contribution in [-0.2, 0) is 9.59 Å². The fourth-order valence-electron chi connectivity index (χ4n) is 1.84. The molecule has 1 amide bonds. The summed E-state index contributed by atoms with van der Waals surface area (Å²) in [5.74, 6) is -3.86. The summed E-state index contributed by atoms with van der Waals surface area (Å²) in [6.45, 7) is 0. The quantitative estimate of drug-likeness (QED) is 0.819. The first-order valence-electron chi connectivity index (χ1n) is 6.10. The Kier molecular flexibility index (Phi) is 4.46. The van der Waals surface area contributed by atoms with E-state index in [1.165, 1.54) is 12.1 Å². The highest BCUT2D eigenvalue weighted by molar-refractivity contribution is 7.99. The number of aliphatic carboxylic acids is 1. The first kappa shape index (κ1) is 15.7. The summed E-state index contributed by atoms with van der Waals surface area (Å²) in [6.07, 6.45) is -4.04. The van der Waals surface area contributed by atoms with Gasteiger partial charge in [-0.3, -0.25) is 9.59 Å². The molecule has 4 nitrogen and oxygen atoms in total. The van der Waals surface area contributed by atoms with E-state index >= 15 is 0 Å². The molecule has 2 atom stereocenters. The lowest BCUT2D eigenvalue weighted by molar-refractivity contribution is -0.139. The molecule has 0 aromatic heterocycles. The van der Waals surface area contributed by atoms with Crippen molar-refractivity contribution in [2.75, 3.05) is 11.1 Å². The molecule has 0 aliphatic heterocycles. The maximum absolute atomic E-state index is 12.2. The molecule has 1 aromatic rings. The fourth-order valence-corrected chi connectivity index (χ4v) is 2.61. The van der Waals surface area contributed by atoms with Crippen molar-refractivity contribution in [3.8, 4) is 0 Å². The number of alkyl halides is 3. The third-order valence-electron chi connectivity index (χ3n) is 2.98. The van der Waals surface area contributed by atoms with Crippen LogP contribution >= 0.6 is 11.8 Å². The van der Waals surface area contributed by atoms with Crippen LogP contribution in [0.3, 0.4) is 0 Å². The molecule has 1 aromatic carbocycles. The van der Waals surface area contributed by atoms with Crippen LogP contribution in [0.25, 0.3) is 0 Å². The second kappa shape index (κ2) is 5.97. The van der Waals surface area contributed by atoms with Gasteiger partial charge in [-0.2, -0.15) is 13.2 Å². The lowest BCUT2D eigenvalue weighted by Crippen LogP contribution is -2.17. The highest BCUT2D eigenvalue weighted by atomic mass is 32.2. The molecule has 2 N–H and O–H groups in total. The Balaban J connectivity index is 2.00. The molecule has 1 aliphatic rings. The van der Waals surface area contributed by atoms with Crippen LogP contribution < -0.4 is 5.32 Å². The summed E-state index contributed by atoms with van der Waals surface area (Å²) in [5.41, 5.74) is 0.271. The number of carbonyl (C=O) groups excluding carboxylic acids is 1. The van der Waals surface area contributed by atoms with Gasteiger partial charge in [0.2, 0.25) is 5.91 Å². The van der Waals surface area contributed by atoms with Gasteiger partial charge in [0.25, 0.3) is 0 Å². The average molecular weight is 319 g/mol. The van der Waals surface area contributed by atoms with Crippen LogP contribution in [0.4, 0.5) is 18.9 Å². The van der Waals surface area contributed by atoms with E-state index in [4.69, 9.17) is 5.11 Å². The van der Waals surface area contributed by atoms with Gasteiger partial charge in [0.1, 0.15) is 0 Å². The first-order chi connectivity index (χ1) is 9.78. The zero-order valence-electron chi connectivity index (χ0n) is 10.7. The number of hydrogen-bond acceptors (Lipinski definition) is 3. The largest absolute Gasteiger partial charge is 0.481 e. The van der Waals surface area contributed by atoms with E-state index in [9.17, 15) is 22.8 Å². The number of carbonyl (C=O) groups is 2. The molecule has 8 heteroatoms. The molecular formula is C13H12F3NO3S. The zero-order valence-corrected chi connectivity index (χ0v) is 11.5. The van der Waals surface area contributed by atoms with Crippen LogP contribution in [0.15, 0.2) is 29.2 Å². The van der Waals surface area contributed by atoms with E-state index in [0.29, 0.717) is 16.7 Å². The summed E-state index contributed by atoms with van der Waals surface area (Å²) in [6, 6.07) is 6.14. The number of rotatable bonds is 5. The van der Waals surface area contributed by atoms with Gasteiger partial charge in [0.05, 0.1) is 23.3 Å². The van der Waals surface area contributed by atoms with Crippen molar-refractivity contribution < 1.29 is 27.9 Å². The minimum atomic E-state index is -4.30. The van der Waals surface area contributed by atoms with Crippen LogP contribution in [-0.4, -0.2) is 28.9 Å². The topological polar surface area (TPSA) is 66.4 Å². The summed E-state index contributed by atoms with van der Waals surface area (Å²) in [7, 11) is 0. The number of hydrogen-bond donors (Lipinski definition) is 2. The van der Waals surface area contributed by atoms with E-state index < -0.39 is 35.6 Å². The van der Waals surface area contributed by atoms with Gasteiger partial charge in [-0.15, -0.1) is 11.8 Å². The Morgan fingerprint density at radius 3 is 2.52 bits per heavy atom.